The molecule has 0 saturated carbocycles. The van der Waals surface area contributed by atoms with Gasteiger partial charge in [-0.3, -0.25) is 15.2 Å². The van der Waals surface area contributed by atoms with Gasteiger partial charge in [0, 0.05) is 17.5 Å². The molecule has 0 spiro atoms. The van der Waals surface area contributed by atoms with Crippen LogP contribution < -0.4 is 10.1 Å². The molecule has 0 fully saturated rings. The number of fused-ring (bicyclic) bond motifs is 2. The number of pyridine rings is 1. The molecule has 1 unspecified atom stereocenters. The number of aromatic amines is 1. The number of nitrogens with one attached hydrogen (secondary N) is 2. The summed E-state index contributed by atoms with van der Waals surface area (Å²) < 4.78 is 7.01. The number of amides is 1. The number of rotatable bonds is 8. The largest absolute Gasteiger partial charge is 0.456 e. The average molecular weight is 516 g/mol. The molecule has 7 nitrogen and oxygen atoms in total. The Morgan fingerprint density at radius 1 is 1.11 bits per heavy atom. The van der Waals surface area contributed by atoms with Gasteiger partial charge in [-0.1, -0.05) is 69.9 Å². The van der Waals surface area contributed by atoms with E-state index in [1.807, 2.05) is 31.2 Å². The highest BCUT2D eigenvalue weighted by molar-refractivity contribution is 7.22. The van der Waals surface area contributed by atoms with E-state index in [0.717, 1.165) is 27.2 Å². The summed E-state index contributed by atoms with van der Waals surface area (Å²) in [5.41, 5.74) is 2.88. The lowest BCUT2D eigenvalue weighted by Crippen LogP contribution is -2.11. The molecule has 0 aliphatic heterocycles. The molecule has 8 heteroatoms. The Hall–Kier alpha value is -3.78. The summed E-state index contributed by atoms with van der Waals surface area (Å²) in [4.78, 5) is 21.2. The highest BCUT2D eigenvalue weighted by atomic mass is 32.1. The minimum absolute atomic E-state index is 0.215. The third kappa shape index (κ3) is 6.71. The van der Waals surface area contributed by atoms with Crippen molar-refractivity contribution >= 4 is 43.6 Å². The fraction of sp³-hybridized carbons (Fsp3) is 0.310. The second-order valence-electron chi connectivity index (χ2n) is 9.08. The highest BCUT2D eigenvalue weighted by Crippen LogP contribution is 2.30. The molecule has 0 radical (unpaired) electrons. The van der Waals surface area contributed by atoms with Crippen LogP contribution in [0.5, 0.6) is 11.5 Å². The zero-order valence-corrected chi connectivity index (χ0v) is 22.6. The number of aromatic nitrogens is 4. The van der Waals surface area contributed by atoms with Gasteiger partial charge in [-0.05, 0) is 55.3 Å². The number of hydrogen-bond donors (Lipinski definition) is 2. The normalized spacial score (nSPS) is 11.7. The van der Waals surface area contributed by atoms with E-state index < -0.39 is 0 Å². The first kappa shape index (κ1) is 26.3. The van der Waals surface area contributed by atoms with E-state index in [4.69, 9.17) is 4.74 Å². The van der Waals surface area contributed by atoms with Gasteiger partial charge in [0.15, 0.2) is 10.8 Å². The maximum absolute atomic E-state index is 12.5. The van der Waals surface area contributed by atoms with Crippen LogP contribution in [-0.4, -0.2) is 26.1 Å². The number of anilines is 1. The Kier molecular flexibility index (Phi) is 8.85. The minimum atomic E-state index is -0.215. The summed E-state index contributed by atoms with van der Waals surface area (Å²) >= 11 is 1.45. The van der Waals surface area contributed by atoms with Gasteiger partial charge < -0.3 is 4.74 Å². The van der Waals surface area contributed by atoms with Crippen molar-refractivity contribution in [3.63, 3.8) is 0 Å². The molecule has 1 amide bonds. The smallest absolute Gasteiger partial charge is 0.257 e. The predicted molar refractivity (Wildman–Crippen MR) is 152 cm³/mol. The standard InChI is InChI=1S/C21H15N5O2S.C8H18/c1-12-18-16(10-11-22-19(18)26-25-12)28-14-8-6-13(7-9-14)20(27)24-21-23-15-4-2-3-5-17(15)29-21;1-4-6-7-8(3)5-2/h2-11H,1H3,(H,22,25,26)(H,23,24,27);8H,4-7H2,1-3H3. The number of thiazole rings is 1. The van der Waals surface area contributed by atoms with Crippen molar-refractivity contribution in [2.45, 2.75) is 53.4 Å². The zero-order valence-electron chi connectivity index (χ0n) is 21.7. The van der Waals surface area contributed by atoms with Crippen molar-refractivity contribution in [3.05, 3.63) is 72.1 Å². The molecule has 0 aliphatic carbocycles. The predicted octanol–water partition coefficient (Wildman–Crippen LogP) is 8.14. The lowest BCUT2D eigenvalue weighted by Gasteiger charge is -2.08. The number of hydrogen-bond acceptors (Lipinski definition) is 6. The van der Waals surface area contributed by atoms with Crippen LogP contribution in [0.2, 0.25) is 0 Å². The van der Waals surface area contributed by atoms with Gasteiger partial charge in [-0.25, -0.2) is 9.97 Å². The van der Waals surface area contributed by atoms with Gasteiger partial charge >= 0.3 is 0 Å². The summed E-state index contributed by atoms with van der Waals surface area (Å²) in [5, 5.41) is 11.3. The molecule has 0 aliphatic rings. The quantitative estimate of drug-likeness (QED) is 0.217. The molecule has 3 heterocycles. The number of carbonyl (C=O) groups excluding carboxylic acids is 1. The molecule has 0 bridgehead atoms. The molecule has 2 aromatic carbocycles. The number of nitrogens with zero attached hydrogens (tertiary/aromatic N) is 3. The Morgan fingerprint density at radius 2 is 1.89 bits per heavy atom. The number of unbranched alkanes of at least 4 members (excludes halogenated alkanes) is 1. The number of benzene rings is 2. The first-order valence-electron chi connectivity index (χ1n) is 12.7. The fourth-order valence-corrected chi connectivity index (χ4v) is 4.66. The Bertz CT molecular complexity index is 1430. The summed E-state index contributed by atoms with van der Waals surface area (Å²) in [6, 6.07) is 16.5. The van der Waals surface area contributed by atoms with E-state index in [9.17, 15) is 4.79 Å². The number of carbonyl (C=O) groups is 1. The molecule has 3 aromatic heterocycles. The number of para-hydroxylation sites is 1. The van der Waals surface area contributed by atoms with Gasteiger partial charge in [0.25, 0.3) is 5.91 Å². The average Bonchev–Trinajstić information content (AvgIpc) is 3.51. The van der Waals surface area contributed by atoms with E-state index in [2.05, 4.69) is 46.3 Å². The van der Waals surface area contributed by atoms with Gasteiger partial charge in [-0.2, -0.15) is 5.10 Å². The van der Waals surface area contributed by atoms with Gasteiger partial charge in [0.1, 0.15) is 11.5 Å². The minimum Gasteiger partial charge on any atom is -0.456 e. The first-order chi connectivity index (χ1) is 18.0. The SMILES string of the molecule is CCCCC(C)CC.Cc1[nH]nc2nccc(Oc3ccc(C(=O)Nc4nc5ccccc5s4)cc3)c12. The van der Waals surface area contributed by atoms with Crippen molar-refractivity contribution in [1.29, 1.82) is 0 Å². The van der Waals surface area contributed by atoms with Crippen LogP contribution in [0.4, 0.5) is 5.13 Å². The van der Waals surface area contributed by atoms with Crippen LogP contribution in [0.25, 0.3) is 21.3 Å². The van der Waals surface area contributed by atoms with Crippen molar-refractivity contribution in [2.24, 2.45) is 5.92 Å². The first-order valence-corrected chi connectivity index (χ1v) is 13.5. The van der Waals surface area contributed by atoms with Gasteiger partial charge in [-0.15, -0.1) is 0 Å². The molecular formula is C29H33N5O2S. The number of ether oxygens (including phenoxy) is 1. The topological polar surface area (TPSA) is 92.8 Å². The highest BCUT2D eigenvalue weighted by Gasteiger charge is 2.12. The lowest BCUT2D eigenvalue weighted by atomic mass is 10.0. The second-order valence-corrected chi connectivity index (χ2v) is 10.1. The Labute approximate surface area is 221 Å². The summed E-state index contributed by atoms with van der Waals surface area (Å²) in [7, 11) is 0. The van der Waals surface area contributed by atoms with Crippen LogP contribution in [0.1, 0.15) is 62.5 Å². The number of H-pyrrole nitrogens is 1. The zero-order chi connectivity index (χ0) is 26.2. The van der Waals surface area contributed by atoms with Crippen molar-refractivity contribution in [2.75, 3.05) is 5.32 Å². The van der Waals surface area contributed by atoms with Crippen molar-refractivity contribution < 1.29 is 9.53 Å². The maximum Gasteiger partial charge on any atom is 0.257 e. The second kappa shape index (κ2) is 12.5. The molecule has 5 aromatic rings. The maximum atomic E-state index is 12.5. The molecule has 0 saturated heterocycles. The van der Waals surface area contributed by atoms with Crippen molar-refractivity contribution in [3.8, 4) is 11.5 Å². The van der Waals surface area contributed by atoms with Gasteiger partial charge in [0.05, 0.1) is 15.6 Å². The third-order valence-corrected chi connectivity index (χ3v) is 7.16. The molecule has 37 heavy (non-hydrogen) atoms. The van der Waals surface area contributed by atoms with E-state index in [0.29, 0.717) is 27.8 Å². The molecule has 2 N–H and O–H groups in total. The van der Waals surface area contributed by atoms with Crippen LogP contribution in [0.15, 0.2) is 60.8 Å². The van der Waals surface area contributed by atoms with E-state index >= 15 is 0 Å². The van der Waals surface area contributed by atoms with E-state index in [1.165, 1.54) is 37.0 Å². The summed E-state index contributed by atoms with van der Waals surface area (Å²) in [6.45, 7) is 8.76. The molecular weight excluding hydrogens is 482 g/mol. The Morgan fingerprint density at radius 3 is 2.62 bits per heavy atom. The lowest BCUT2D eigenvalue weighted by molar-refractivity contribution is 0.102. The van der Waals surface area contributed by atoms with E-state index in [1.54, 1.807) is 36.5 Å². The molecule has 192 valence electrons. The summed E-state index contributed by atoms with van der Waals surface area (Å²) in [6.07, 6.45) is 7.18. The van der Waals surface area contributed by atoms with E-state index in [-0.39, 0.29) is 5.91 Å². The van der Waals surface area contributed by atoms with Crippen LogP contribution >= 0.6 is 11.3 Å². The van der Waals surface area contributed by atoms with Crippen LogP contribution in [0.3, 0.4) is 0 Å². The molecule has 1 atom stereocenters. The number of aryl methyl sites for hydroxylation is 1. The van der Waals surface area contributed by atoms with Crippen LogP contribution in [0, 0.1) is 12.8 Å². The van der Waals surface area contributed by atoms with Crippen LogP contribution in [-0.2, 0) is 0 Å². The summed E-state index contributed by atoms with van der Waals surface area (Å²) in [5.74, 6) is 2.02. The molecule has 5 rings (SSSR count). The Balaban J connectivity index is 0.000000349. The van der Waals surface area contributed by atoms with Crippen molar-refractivity contribution in [1.82, 2.24) is 20.2 Å². The fourth-order valence-electron chi connectivity index (χ4n) is 3.80. The van der Waals surface area contributed by atoms with Gasteiger partial charge in [0.2, 0.25) is 0 Å². The monoisotopic (exact) mass is 515 g/mol. The third-order valence-electron chi connectivity index (χ3n) is 6.20.